The Morgan fingerprint density at radius 2 is 1.96 bits per heavy atom. The Morgan fingerprint density at radius 1 is 1.21 bits per heavy atom. The van der Waals surface area contributed by atoms with Gasteiger partial charge in [0.25, 0.3) is 0 Å². The van der Waals surface area contributed by atoms with Crippen molar-refractivity contribution in [1.29, 1.82) is 0 Å². The number of carbonyl (C=O) groups is 1. The van der Waals surface area contributed by atoms with Crippen LogP contribution in [0.5, 0.6) is 5.75 Å². The third-order valence-electron chi connectivity index (χ3n) is 3.13. The smallest absolute Gasteiger partial charge is 0.188 e. The second-order valence-corrected chi connectivity index (χ2v) is 5.66. The van der Waals surface area contributed by atoms with Gasteiger partial charge < -0.3 is 4.74 Å². The Bertz CT molecular complexity index is 842. The molecule has 0 aliphatic heterocycles. The zero-order valence-corrected chi connectivity index (χ0v) is 13.9. The molecule has 0 saturated carbocycles. The lowest BCUT2D eigenvalue weighted by molar-refractivity contribution is 0.104. The van der Waals surface area contributed by atoms with Crippen molar-refractivity contribution < 1.29 is 9.53 Å². The lowest BCUT2D eigenvalue weighted by Crippen LogP contribution is -1.95. The summed E-state index contributed by atoms with van der Waals surface area (Å²) < 4.78 is 5.36. The highest BCUT2D eigenvalue weighted by Crippen LogP contribution is 2.20. The summed E-state index contributed by atoms with van der Waals surface area (Å²) in [4.78, 5) is 24.9. The van der Waals surface area contributed by atoms with Crippen LogP contribution in [0.3, 0.4) is 0 Å². The van der Waals surface area contributed by atoms with Crippen LogP contribution in [0.15, 0.2) is 54.2 Å². The average Bonchev–Trinajstić information content (AvgIpc) is 3.10. The maximum atomic E-state index is 12.2. The maximum Gasteiger partial charge on any atom is 0.188 e. The van der Waals surface area contributed by atoms with Crippen LogP contribution in [0.1, 0.15) is 23.0 Å². The first-order valence-electron chi connectivity index (χ1n) is 7.44. The average molecular weight is 337 g/mol. The Morgan fingerprint density at radius 3 is 2.67 bits per heavy atom. The number of carbonyl (C=O) groups excluding carboxylic acids is 1. The number of rotatable bonds is 6. The minimum atomic E-state index is -0.0800. The van der Waals surface area contributed by atoms with Gasteiger partial charge in [0.05, 0.1) is 12.3 Å². The van der Waals surface area contributed by atoms with E-state index in [1.54, 1.807) is 48.8 Å². The van der Waals surface area contributed by atoms with Gasteiger partial charge in [-0.2, -0.15) is 0 Å². The van der Waals surface area contributed by atoms with E-state index in [-0.39, 0.29) is 5.78 Å². The van der Waals surface area contributed by atoms with E-state index < -0.39 is 0 Å². The molecule has 6 heteroatoms. The molecule has 0 N–H and O–H groups in total. The molecular weight excluding hydrogens is 322 g/mol. The highest BCUT2D eigenvalue weighted by Gasteiger charge is 2.06. The number of ketones is 1. The molecule has 0 atom stereocenters. The van der Waals surface area contributed by atoms with E-state index >= 15 is 0 Å². The van der Waals surface area contributed by atoms with Crippen molar-refractivity contribution in [2.24, 2.45) is 0 Å². The van der Waals surface area contributed by atoms with Crippen LogP contribution in [0.4, 0.5) is 0 Å². The molecule has 2 heterocycles. The molecule has 0 aliphatic carbocycles. The fraction of sp³-hybridized carbons (Fsp3) is 0.111. The summed E-state index contributed by atoms with van der Waals surface area (Å²) in [5.74, 6) is 1.26. The van der Waals surface area contributed by atoms with E-state index in [1.165, 1.54) is 17.4 Å². The number of hydrogen-bond donors (Lipinski definition) is 0. The number of benzene rings is 1. The largest absolute Gasteiger partial charge is 0.494 e. The summed E-state index contributed by atoms with van der Waals surface area (Å²) in [6.07, 6.45) is 6.56. The van der Waals surface area contributed by atoms with E-state index in [4.69, 9.17) is 4.74 Å². The predicted octanol–water partition coefficient (Wildman–Crippen LogP) is 3.89. The third kappa shape index (κ3) is 3.91. The number of aromatic nitrogens is 3. The molecule has 1 aromatic carbocycles. The van der Waals surface area contributed by atoms with E-state index in [0.29, 0.717) is 23.7 Å². The molecule has 24 heavy (non-hydrogen) atoms. The van der Waals surface area contributed by atoms with Gasteiger partial charge in [0.1, 0.15) is 5.75 Å². The molecule has 0 fully saturated rings. The topological polar surface area (TPSA) is 65.0 Å². The van der Waals surface area contributed by atoms with Crippen molar-refractivity contribution in [3.05, 3.63) is 65.4 Å². The van der Waals surface area contributed by atoms with Crippen LogP contribution in [0.25, 0.3) is 16.9 Å². The molecule has 0 amide bonds. The van der Waals surface area contributed by atoms with Crippen molar-refractivity contribution >= 4 is 23.2 Å². The van der Waals surface area contributed by atoms with Crippen LogP contribution in [0, 0.1) is 0 Å². The van der Waals surface area contributed by atoms with Gasteiger partial charge >= 0.3 is 0 Å². The first kappa shape index (κ1) is 16.0. The van der Waals surface area contributed by atoms with Crippen molar-refractivity contribution in [2.45, 2.75) is 6.92 Å². The maximum absolute atomic E-state index is 12.2. The molecule has 3 rings (SSSR count). The minimum Gasteiger partial charge on any atom is -0.494 e. The van der Waals surface area contributed by atoms with Gasteiger partial charge in [-0.1, -0.05) is 0 Å². The molecular formula is C18H15N3O2S. The lowest BCUT2D eigenvalue weighted by atomic mass is 10.1. The predicted molar refractivity (Wildman–Crippen MR) is 94.1 cm³/mol. The summed E-state index contributed by atoms with van der Waals surface area (Å²) in [6, 6.07) is 8.84. The second kappa shape index (κ2) is 7.61. The highest BCUT2D eigenvalue weighted by atomic mass is 32.1. The monoisotopic (exact) mass is 337 g/mol. The quantitative estimate of drug-likeness (QED) is 0.504. The first-order valence-corrected chi connectivity index (χ1v) is 8.32. The fourth-order valence-corrected chi connectivity index (χ4v) is 2.75. The van der Waals surface area contributed by atoms with E-state index in [0.717, 1.165) is 10.8 Å². The SMILES string of the molecule is CCOc1ccc(C(=O)/C=C/c2csc(-c3ncccn3)n2)cc1. The van der Waals surface area contributed by atoms with Gasteiger partial charge in [-0.25, -0.2) is 15.0 Å². The van der Waals surface area contributed by atoms with E-state index in [1.807, 2.05) is 12.3 Å². The molecule has 0 saturated heterocycles. The zero-order chi connectivity index (χ0) is 16.8. The number of nitrogens with zero attached hydrogens (tertiary/aromatic N) is 3. The fourth-order valence-electron chi connectivity index (χ4n) is 2.01. The van der Waals surface area contributed by atoms with Crippen LogP contribution in [-0.2, 0) is 0 Å². The summed E-state index contributed by atoms with van der Waals surface area (Å²) in [5, 5.41) is 2.59. The first-order chi connectivity index (χ1) is 11.8. The highest BCUT2D eigenvalue weighted by molar-refractivity contribution is 7.13. The van der Waals surface area contributed by atoms with E-state index in [9.17, 15) is 4.79 Å². The molecule has 0 unspecified atom stereocenters. The van der Waals surface area contributed by atoms with Gasteiger partial charge in [-0.3, -0.25) is 4.79 Å². The zero-order valence-electron chi connectivity index (χ0n) is 13.0. The third-order valence-corrected chi connectivity index (χ3v) is 3.99. The molecule has 5 nitrogen and oxygen atoms in total. The van der Waals surface area contributed by atoms with Gasteiger partial charge in [0, 0.05) is 23.3 Å². The standard InChI is InChI=1S/C18H15N3O2S/c1-2-23-15-7-4-13(5-8-15)16(22)9-6-14-12-24-18(21-14)17-19-10-3-11-20-17/h3-12H,2H2,1H3/b9-6+. The summed E-state index contributed by atoms with van der Waals surface area (Å²) in [5.41, 5.74) is 1.32. The normalized spacial score (nSPS) is 10.9. The minimum absolute atomic E-state index is 0.0800. The summed E-state index contributed by atoms with van der Waals surface area (Å²) >= 11 is 1.44. The number of allylic oxidation sites excluding steroid dienone is 1. The van der Waals surface area contributed by atoms with Gasteiger partial charge in [-0.15, -0.1) is 11.3 Å². The lowest BCUT2D eigenvalue weighted by Gasteiger charge is -2.02. The number of thiazole rings is 1. The number of hydrogen-bond acceptors (Lipinski definition) is 6. The number of ether oxygens (including phenoxy) is 1. The van der Waals surface area contributed by atoms with Crippen LogP contribution in [0.2, 0.25) is 0 Å². The summed E-state index contributed by atoms with van der Waals surface area (Å²) in [7, 11) is 0. The Kier molecular flexibility index (Phi) is 5.08. The van der Waals surface area contributed by atoms with Gasteiger partial charge in [-0.05, 0) is 49.4 Å². The molecule has 120 valence electrons. The summed E-state index contributed by atoms with van der Waals surface area (Å²) in [6.45, 7) is 2.52. The van der Waals surface area contributed by atoms with Crippen LogP contribution in [-0.4, -0.2) is 27.3 Å². The van der Waals surface area contributed by atoms with Gasteiger partial charge in [0.2, 0.25) is 0 Å². The van der Waals surface area contributed by atoms with Crippen molar-refractivity contribution in [1.82, 2.24) is 15.0 Å². The Labute approximate surface area is 143 Å². The second-order valence-electron chi connectivity index (χ2n) is 4.80. The molecule has 0 radical (unpaired) electrons. The molecule has 0 spiro atoms. The Hall–Kier alpha value is -2.86. The van der Waals surface area contributed by atoms with Crippen LogP contribution < -0.4 is 4.74 Å². The van der Waals surface area contributed by atoms with Gasteiger partial charge in [0.15, 0.2) is 16.6 Å². The molecule has 3 aromatic rings. The molecule has 0 bridgehead atoms. The van der Waals surface area contributed by atoms with Crippen LogP contribution >= 0.6 is 11.3 Å². The molecule has 2 aromatic heterocycles. The van der Waals surface area contributed by atoms with Crippen molar-refractivity contribution in [3.63, 3.8) is 0 Å². The Balaban J connectivity index is 1.69. The molecule has 0 aliphatic rings. The van der Waals surface area contributed by atoms with Crippen molar-refractivity contribution in [2.75, 3.05) is 6.61 Å². The van der Waals surface area contributed by atoms with E-state index in [2.05, 4.69) is 15.0 Å². The van der Waals surface area contributed by atoms with Crippen molar-refractivity contribution in [3.8, 4) is 16.6 Å².